The van der Waals surface area contributed by atoms with E-state index in [1.54, 1.807) is 7.11 Å². The van der Waals surface area contributed by atoms with E-state index in [2.05, 4.69) is 10.6 Å². The standard InChI is InChI=1S/C15H30N2O4/c1-15(2,3)10-12(13(18)19)11-17-14(20)16-8-6-5-7-9-21-4/h12H,5-11H2,1-4H3,(H,18,19)(H2,16,17,20). The van der Waals surface area contributed by atoms with Gasteiger partial charge in [-0.1, -0.05) is 20.8 Å². The van der Waals surface area contributed by atoms with Crippen molar-refractivity contribution in [2.75, 3.05) is 26.8 Å². The Morgan fingerprint density at radius 2 is 1.81 bits per heavy atom. The largest absolute Gasteiger partial charge is 0.481 e. The van der Waals surface area contributed by atoms with Crippen LogP contribution in [0.1, 0.15) is 46.5 Å². The van der Waals surface area contributed by atoms with Gasteiger partial charge in [-0.3, -0.25) is 4.79 Å². The lowest BCUT2D eigenvalue weighted by Gasteiger charge is -2.23. The van der Waals surface area contributed by atoms with E-state index in [1.165, 1.54) is 0 Å². The first-order valence-corrected chi connectivity index (χ1v) is 7.49. The minimum atomic E-state index is -0.871. The minimum Gasteiger partial charge on any atom is -0.481 e. The summed E-state index contributed by atoms with van der Waals surface area (Å²) in [6, 6.07) is -0.304. The molecule has 0 aromatic heterocycles. The van der Waals surface area contributed by atoms with Crippen LogP contribution in [0.25, 0.3) is 0 Å². The van der Waals surface area contributed by atoms with Gasteiger partial charge in [-0.25, -0.2) is 4.79 Å². The van der Waals surface area contributed by atoms with Crippen LogP contribution < -0.4 is 10.6 Å². The van der Waals surface area contributed by atoms with E-state index < -0.39 is 11.9 Å². The molecular formula is C15H30N2O4. The molecule has 0 aromatic rings. The predicted molar refractivity (Wildman–Crippen MR) is 82.3 cm³/mol. The summed E-state index contributed by atoms with van der Waals surface area (Å²) in [5.74, 6) is -1.43. The van der Waals surface area contributed by atoms with Gasteiger partial charge in [0.1, 0.15) is 0 Å². The van der Waals surface area contributed by atoms with Crippen LogP contribution in [-0.4, -0.2) is 43.9 Å². The number of carboxylic acids is 1. The number of ether oxygens (including phenoxy) is 1. The number of urea groups is 1. The second-order valence-electron chi connectivity index (χ2n) is 6.49. The van der Waals surface area contributed by atoms with E-state index in [9.17, 15) is 9.59 Å². The fourth-order valence-electron chi connectivity index (χ4n) is 2.01. The first-order valence-electron chi connectivity index (χ1n) is 7.49. The third-order valence-corrected chi connectivity index (χ3v) is 3.03. The average Bonchev–Trinajstić information content (AvgIpc) is 2.37. The summed E-state index contributed by atoms with van der Waals surface area (Å²) >= 11 is 0. The second kappa shape index (κ2) is 10.4. The molecule has 2 amide bonds. The van der Waals surface area contributed by atoms with Gasteiger partial charge in [0.2, 0.25) is 0 Å². The highest BCUT2D eigenvalue weighted by atomic mass is 16.5. The molecule has 0 spiro atoms. The van der Waals surface area contributed by atoms with Gasteiger partial charge in [-0.15, -0.1) is 0 Å². The zero-order chi connectivity index (χ0) is 16.3. The fourth-order valence-corrected chi connectivity index (χ4v) is 2.01. The Hall–Kier alpha value is -1.30. The van der Waals surface area contributed by atoms with Crippen LogP contribution in [0.4, 0.5) is 4.79 Å². The lowest BCUT2D eigenvalue weighted by molar-refractivity contribution is -0.142. The molecule has 0 fully saturated rings. The van der Waals surface area contributed by atoms with Gasteiger partial charge >= 0.3 is 12.0 Å². The lowest BCUT2D eigenvalue weighted by atomic mass is 9.84. The summed E-state index contributed by atoms with van der Waals surface area (Å²) in [6.45, 7) is 7.45. The number of hydrogen-bond donors (Lipinski definition) is 3. The molecule has 0 heterocycles. The molecule has 0 aromatic carbocycles. The monoisotopic (exact) mass is 302 g/mol. The number of nitrogens with one attached hydrogen (secondary N) is 2. The van der Waals surface area contributed by atoms with Crippen molar-refractivity contribution in [2.45, 2.75) is 46.5 Å². The van der Waals surface area contributed by atoms with Gasteiger partial charge in [0.05, 0.1) is 5.92 Å². The number of carboxylic acid groups (broad SMARTS) is 1. The summed E-state index contributed by atoms with van der Waals surface area (Å²) in [5.41, 5.74) is -0.0808. The molecule has 6 heteroatoms. The van der Waals surface area contributed by atoms with E-state index in [-0.39, 0.29) is 18.0 Å². The van der Waals surface area contributed by atoms with Crippen LogP contribution in [0, 0.1) is 11.3 Å². The third-order valence-electron chi connectivity index (χ3n) is 3.03. The maximum absolute atomic E-state index is 11.6. The molecule has 0 aliphatic heterocycles. The summed E-state index contributed by atoms with van der Waals surface area (Å²) in [5, 5.41) is 14.5. The molecular weight excluding hydrogens is 272 g/mol. The molecule has 0 bridgehead atoms. The van der Waals surface area contributed by atoms with Crippen LogP contribution >= 0.6 is 0 Å². The summed E-state index contributed by atoms with van der Waals surface area (Å²) in [6.07, 6.45) is 3.39. The maximum atomic E-state index is 11.6. The molecule has 124 valence electrons. The van der Waals surface area contributed by atoms with Gasteiger partial charge in [0.25, 0.3) is 0 Å². The number of amides is 2. The van der Waals surface area contributed by atoms with Crippen molar-refractivity contribution in [3.63, 3.8) is 0 Å². The Labute approximate surface area is 127 Å². The molecule has 21 heavy (non-hydrogen) atoms. The zero-order valence-corrected chi connectivity index (χ0v) is 13.7. The van der Waals surface area contributed by atoms with Gasteiger partial charge in [-0.05, 0) is 31.1 Å². The molecule has 0 aliphatic rings. The van der Waals surface area contributed by atoms with Crippen molar-refractivity contribution >= 4 is 12.0 Å². The van der Waals surface area contributed by atoms with Crippen LogP contribution in [0.5, 0.6) is 0 Å². The summed E-state index contributed by atoms with van der Waals surface area (Å²) in [4.78, 5) is 22.8. The molecule has 1 atom stereocenters. The minimum absolute atomic E-state index is 0.0808. The highest BCUT2D eigenvalue weighted by molar-refractivity contribution is 5.75. The van der Waals surface area contributed by atoms with E-state index in [4.69, 9.17) is 9.84 Å². The number of aliphatic carboxylic acids is 1. The van der Waals surface area contributed by atoms with E-state index in [1.807, 2.05) is 20.8 Å². The van der Waals surface area contributed by atoms with Gasteiger partial charge < -0.3 is 20.5 Å². The third kappa shape index (κ3) is 12.2. The normalized spacial score (nSPS) is 12.8. The first kappa shape index (κ1) is 19.7. The number of hydrogen-bond acceptors (Lipinski definition) is 3. The fraction of sp³-hybridized carbons (Fsp3) is 0.867. The van der Waals surface area contributed by atoms with Gasteiger partial charge in [0.15, 0.2) is 0 Å². The van der Waals surface area contributed by atoms with Crippen LogP contribution in [0.3, 0.4) is 0 Å². The highest BCUT2D eigenvalue weighted by Crippen LogP contribution is 2.24. The molecule has 0 saturated carbocycles. The lowest BCUT2D eigenvalue weighted by Crippen LogP contribution is -2.41. The number of carbonyl (C=O) groups is 2. The van der Waals surface area contributed by atoms with Crippen molar-refractivity contribution in [2.24, 2.45) is 11.3 Å². The Kier molecular flexibility index (Phi) is 9.78. The van der Waals surface area contributed by atoms with Crippen LogP contribution in [-0.2, 0) is 9.53 Å². The van der Waals surface area contributed by atoms with Crippen LogP contribution in [0.2, 0.25) is 0 Å². The van der Waals surface area contributed by atoms with Crippen molar-refractivity contribution in [3.05, 3.63) is 0 Å². The Morgan fingerprint density at radius 3 is 2.33 bits per heavy atom. The molecule has 6 nitrogen and oxygen atoms in total. The SMILES string of the molecule is COCCCCCNC(=O)NCC(CC(C)(C)C)C(=O)O. The first-order chi connectivity index (χ1) is 9.76. The number of carbonyl (C=O) groups excluding carboxylic acids is 1. The van der Waals surface area contributed by atoms with E-state index in [0.717, 1.165) is 25.9 Å². The van der Waals surface area contributed by atoms with Gasteiger partial charge in [-0.2, -0.15) is 0 Å². The number of unbranched alkanes of at least 4 members (excludes halogenated alkanes) is 2. The molecule has 0 rings (SSSR count). The van der Waals surface area contributed by atoms with Gasteiger partial charge in [0, 0.05) is 26.8 Å². The quantitative estimate of drug-likeness (QED) is 0.540. The van der Waals surface area contributed by atoms with Crippen LogP contribution in [0.15, 0.2) is 0 Å². The molecule has 1 unspecified atom stereocenters. The van der Waals surface area contributed by atoms with Crippen molar-refractivity contribution in [1.82, 2.24) is 10.6 Å². The maximum Gasteiger partial charge on any atom is 0.314 e. The summed E-state index contributed by atoms with van der Waals surface area (Å²) in [7, 11) is 1.67. The Bertz CT molecular complexity index is 313. The van der Waals surface area contributed by atoms with Crippen molar-refractivity contribution < 1.29 is 19.4 Å². The number of methoxy groups -OCH3 is 1. The smallest absolute Gasteiger partial charge is 0.314 e. The zero-order valence-electron chi connectivity index (χ0n) is 13.7. The molecule has 0 aliphatic carbocycles. The highest BCUT2D eigenvalue weighted by Gasteiger charge is 2.24. The van der Waals surface area contributed by atoms with Crippen molar-refractivity contribution in [3.8, 4) is 0 Å². The molecule has 3 N–H and O–H groups in total. The van der Waals surface area contributed by atoms with Crippen molar-refractivity contribution in [1.29, 1.82) is 0 Å². The Morgan fingerprint density at radius 1 is 1.14 bits per heavy atom. The summed E-state index contributed by atoms with van der Waals surface area (Å²) < 4.78 is 4.94. The average molecular weight is 302 g/mol. The second-order valence-corrected chi connectivity index (χ2v) is 6.49. The Balaban J connectivity index is 3.85. The predicted octanol–water partition coefficient (Wildman–Crippen LogP) is 2.24. The van der Waals surface area contributed by atoms with E-state index >= 15 is 0 Å². The number of rotatable bonds is 10. The molecule has 0 saturated heterocycles. The molecule has 0 radical (unpaired) electrons. The van der Waals surface area contributed by atoms with E-state index in [0.29, 0.717) is 13.0 Å². The topological polar surface area (TPSA) is 87.7 Å².